The van der Waals surface area contributed by atoms with Crippen molar-refractivity contribution < 1.29 is 9.47 Å². The van der Waals surface area contributed by atoms with Crippen LogP contribution in [0.2, 0.25) is 0 Å². The molecule has 4 rings (SSSR count). The lowest BCUT2D eigenvalue weighted by Gasteiger charge is -2.37. The van der Waals surface area contributed by atoms with E-state index in [0.29, 0.717) is 6.61 Å². The molecule has 1 aromatic rings. The van der Waals surface area contributed by atoms with Crippen LogP contribution in [0.3, 0.4) is 0 Å². The lowest BCUT2D eigenvalue weighted by Crippen LogP contribution is -2.45. The van der Waals surface area contributed by atoms with Gasteiger partial charge >= 0.3 is 0 Å². The minimum absolute atomic E-state index is 0.140. The van der Waals surface area contributed by atoms with Gasteiger partial charge in [-0.15, -0.1) is 0 Å². The Balaban J connectivity index is 1.24. The molecule has 1 saturated heterocycles. The summed E-state index contributed by atoms with van der Waals surface area (Å²) in [5, 5.41) is 0. The number of ether oxygens (including phenoxy) is 2. The van der Waals surface area contributed by atoms with E-state index < -0.39 is 0 Å². The molecule has 3 aliphatic rings. The van der Waals surface area contributed by atoms with Gasteiger partial charge in [0.05, 0.1) is 0 Å². The fourth-order valence-corrected chi connectivity index (χ4v) is 3.93. The van der Waals surface area contributed by atoms with Gasteiger partial charge in [0.1, 0.15) is 12.7 Å². The van der Waals surface area contributed by atoms with Crippen LogP contribution in [0.25, 0.3) is 0 Å². The van der Waals surface area contributed by atoms with Crippen molar-refractivity contribution in [3.8, 4) is 11.5 Å². The van der Waals surface area contributed by atoms with E-state index in [0.717, 1.165) is 30.5 Å². The van der Waals surface area contributed by atoms with Crippen LogP contribution >= 0.6 is 0 Å². The molecule has 0 spiro atoms. The van der Waals surface area contributed by atoms with Gasteiger partial charge in [0, 0.05) is 19.6 Å². The first-order chi connectivity index (χ1) is 12.3. The molecule has 0 radical (unpaired) electrons. The number of aryl methyl sites for hydroxylation is 1. The van der Waals surface area contributed by atoms with Crippen LogP contribution in [0.5, 0.6) is 11.5 Å². The summed E-state index contributed by atoms with van der Waals surface area (Å²) in [6.45, 7) is 8.28. The zero-order valence-electron chi connectivity index (χ0n) is 15.1. The summed E-state index contributed by atoms with van der Waals surface area (Å²) >= 11 is 0. The number of nitrogens with zero attached hydrogens (tertiary/aromatic N) is 2. The van der Waals surface area contributed by atoms with E-state index in [9.17, 15) is 0 Å². The molecule has 1 fully saturated rings. The van der Waals surface area contributed by atoms with Crippen molar-refractivity contribution in [1.82, 2.24) is 9.80 Å². The Morgan fingerprint density at radius 1 is 1.08 bits per heavy atom. The van der Waals surface area contributed by atoms with E-state index in [4.69, 9.17) is 9.47 Å². The largest absolute Gasteiger partial charge is 0.486 e. The van der Waals surface area contributed by atoms with Crippen LogP contribution in [0.15, 0.2) is 42.6 Å². The third kappa shape index (κ3) is 4.18. The first-order valence-electron chi connectivity index (χ1n) is 9.46. The summed E-state index contributed by atoms with van der Waals surface area (Å²) in [5.74, 6) is 2.58. The Morgan fingerprint density at radius 2 is 1.96 bits per heavy atom. The van der Waals surface area contributed by atoms with E-state index >= 15 is 0 Å². The number of hydrogen-bond donors (Lipinski definition) is 0. The van der Waals surface area contributed by atoms with Crippen LogP contribution in [-0.2, 0) is 0 Å². The predicted molar refractivity (Wildman–Crippen MR) is 100 cm³/mol. The van der Waals surface area contributed by atoms with Gasteiger partial charge in [0.15, 0.2) is 11.5 Å². The van der Waals surface area contributed by atoms with E-state index in [1.54, 1.807) is 0 Å². The van der Waals surface area contributed by atoms with E-state index in [1.807, 2.05) is 6.07 Å². The van der Waals surface area contributed by atoms with Gasteiger partial charge in [-0.1, -0.05) is 18.2 Å². The fourth-order valence-electron chi connectivity index (χ4n) is 3.93. The summed E-state index contributed by atoms with van der Waals surface area (Å²) in [7, 11) is 0. The quantitative estimate of drug-likeness (QED) is 0.840. The molecule has 25 heavy (non-hydrogen) atoms. The molecule has 1 aromatic carbocycles. The lowest BCUT2D eigenvalue weighted by molar-refractivity contribution is 0.0461. The third-order valence-corrected chi connectivity index (χ3v) is 5.36. The van der Waals surface area contributed by atoms with Crippen molar-refractivity contribution >= 4 is 0 Å². The number of benzene rings is 1. The van der Waals surface area contributed by atoms with Crippen LogP contribution in [0, 0.1) is 12.8 Å². The SMILES string of the molecule is Cc1ccc2c(c1)O[C@@H](CN1CCC(CN3C=CC=CC3)CC1)CO2. The van der Waals surface area contributed by atoms with Gasteiger partial charge in [-0.05, 0) is 68.7 Å². The monoisotopic (exact) mass is 340 g/mol. The summed E-state index contributed by atoms with van der Waals surface area (Å²) in [5.41, 5.74) is 1.21. The molecule has 0 saturated carbocycles. The van der Waals surface area contributed by atoms with Crippen molar-refractivity contribution in [2.75, 3.05) is 39.3 Å². The highest BCUT2D eigenvalue weighted by molar-refractivity contribution is 5.43. The molecular weight excluding hydrogens is 312 g/mol. The number of piperidine rings is 1. The second-order valence-electron chi connectivity index (χ2n) is 7.47. The number of rotatable bonds is 4. The van der Waals surface area contributed by atoms with E-state index in [-0.39, 0.29) is 6.10 Å². The van der Waals surface area contributed by atoms with Gasteiger partial charge in [0.25, 0.3) is 0 Å². The first kappa shape index (κ1) is 16.5. The maximum Gasteiger partial charge on any atom is 0.162 e. The van der Waals surface area contributed by atoms with Crippen LogP contribution in [0.1, 0.15) is 18.4 Å². The molecule has 0 N–H and O–H groups in total. The summed E-state index contributed by atoms with van der Waals surface area (Å²) in [4.78, 5) is 4.97. The Morgan fingerprint density at radius 3 is 2.76 bits per heavy atom. The second-order valence-corrected chi connectivity index (χ2v) is 7.47. The number of fused-ring (bicyclic) bond motifs is 1. The zero-order valence-corrected chi connectivity index (χ0v) is 15.1. The van der Waals surface area contributed by atoms with E-state index in [1.165, 1.54) is 38.0 Å². The minimum atomic E-state index is 0.140. The van der Waals surface area contributed by atoms with Crippen molar-refractivity contribution in [2.24, 2.45) is 5.92 Å². The number of likely N-dealkylation sites (tertiary alicyclic amines) is 1. The summed E-state index contributed by atoms with van der Waals surface area (Å²) < 4.78 is 12.1. The van der Waals surface area contributed by atoms with Gasteiger partial charge in [0.2, 0.25) is 0 Å². The third-order valence-electron chi connectivity index (χ3n) is 5.36. The van der Waals surface area contributed by atoms with Gasteiger partial charge < -0.3 is 14.4 Å². The standard InChI is InChI=1S/C21H28N2O2/c1-17-5-6-20-21(13-17)25-19(16-24-20)15-23-11-7-18(8-12-23)14-22-9-3-2-4-10-22/h2-6,9,13,18-19H,7-8,10-12,14-16H2,1H3/t19-/m0/s1. The van der Waals surface area contributed by atoms with Crippen molar-refractivity contribution in [3.05, 3.63) is 48.2 Å². The molecule has 0 bridgehead atoms. The molecule has 3 heterocycles. The molecule has 4 nitrogen and oxygen atoms in total. The number of allylic oxidation sites excluding steroid dienone is 2. The van der Waals surface area contributed by atoms with Crippen LogP contribution in [-0.4, -0.2) is 55.2 Å². The van der Waals surface area contributed by atoms with Crippen LogP contribution < -0.4 is 9.47 Å². The fraction of sp³-hybridized carbons (Fsp3) is 0.524. The van der Waals surface area contributed by atoms with Crippen molar-refractivity contribution in [3.63, 3.8) is 0 Å². The normalized spacial score (nSPS) is 23.9. The van der Waals surface area contributed by atoms with Crippen molar-refractivity contribution in [1.29, 1.82) is 0 Å². The zero-order chi connectivity index (χ0) is 17.1. The molecule has 134 valence electrons. The molecule has 0 aliphatic carbocycles. The Bertz CT molecular complexity index is 647. The molecule has 3 aliphatic heterocycles. The average Bonchev–Trinajstić information content (AvgIpc) is 2.64. The number of hydrogen-bond acceptors (Lipinski definition) is 4. The van der Waals surface area contributed by atoms with Gasteiger partial charge in [-0.3, -0.25) is 4.90 Å². The molecule has 4 heteroatoms. The summed E-state index contributed by atoms with van der Waals surface area (Å²) in [6, 6.07) is 6.16. The maximum atomic E-state index is 6.17. The molecule has 1 atom stereocenters. The van der Waals surface area contributed by atoms with Gasteiger partial charge in [-0.25, -0.2) is 0 Å². The minimum Gasteiger partial charge on any atom is -0.486 e. The smallest absolute Gasteiger partial charge is 0.162 e. The molecule has 0 amide bonds. The summed E-state index contributed by atoms with van der Waals surface area (Å²) in [6.07, 6.45) is 11.4. The molecular formula is C21H28N2O2. The Kier molecular flexibility index (Phi) is 4.97. The Labute approximate surface area is 150 Å². The highest BCUT2D eigenvalue weighted by atomic mass is 16.6. The van der Waals surface area contributed by atoms with Crippen LogP contribution in [0.4, 0.5) is 0 Å². The van der Waals surface area contributed by atoms with Crippen molar-refractivity contribution in [2.45, 2.75) is 25.9 Å². The van der Waals surface area contributed by atoms with Gasteiger partial charge in [-0.2, -0.15) is 0 Å². The van der Waals surface area contributed by atoms with E-state index in [2.05, 4.69) is 53.3 Å². The lowest BCUT2D eigenvalue weighted by atomic mass is 9.96. The predicted octanol–water partition coefficient (Wildman–Crippen LogP) is 3.23. The second kappa shape index (κ2) is 7.52. The maximum absolute atomic E-state index is 6.17. The first-order valence-corrected chi connectivity index (χ1v) is 9.46. The molecule has 0 unspecified atom stereocenters. The average molecular weight is 340 g/mol. The molecule has 0 aromatic heterocycles. The topological polar surface area (TPSA) is 24.9 Å². The Hall–Kier alpha value is -1.94. The highest BCUT2D eigenvalue weighted by Crippen LogP contribution is 2.32. The highest BCUT2D eigenvalue weighted by Gasteiger charge is 2.26.